The number of amides is 1. The van der Waals surface area contributed by atoms with Crippen LogP contribution in [-0.2, 0) is 9.59 Å². The molecule has 0 aliphatic carbocycles. The third kappa shape index (κ3) is 2.85. The highest BCUT2D eigenvalue weighted by atomic mass is 16.4. The number of hydrogen-bond donors (Lipinski definition) is 1. The normalized spacial score (nSPS) is 20.8. The Hall–Kier alpha value is -1.06. The predicted molar refractivity (Wildman–Crippen MR) is 70.2 cm³/mol. The minimum absolute atomic E-state index is 0.0176. The minimum atomic E-state index is -0.714. The molecular weight excluding hydrogens is 230 g/mol. The summed E-state index contributed by atoms with van der Waals surface area (Å²) in [4.78, 5) is 25.3. The molecule has 1 saturated heterocycles. The molecule has 1 heterocycles. The van der Waals surface area contributed by atoms with Crippen LogP contribution in [0.15, 0.2) is 0 Å². The molecule has 0 radical (unpaired) electrons. The first-order chi connectivity index (χ1) is 8.34. The van der Waals surface area contributed by atoms with E-state index in [1.807, 2.05) is 32.6 Å². The van der Waals surface area contributed by atoms with Crippen LogP contribution in [0.5, 0.6) is 0 Å². The van der Waals surface area contributed by atoms with Crippen molar-refractivity contribution in [2.24, 2.45) is 17.3 Å². The zero-order valence-electron chi connectivity index (χ0n) is 11.9. The van der Waals surface area contributed by atoms with Crippen LogP contribution in [0.1, 0.15) is 47.0 Å². The summed E-state index contributed by atoms with van der Waals surface area (Å²) in [5.41, 5.74) is -0.613. The van der Waals surface area contributed by atoms with E-state index in [4.69, 9.17) is 0 Å². The smallest absolute Gasteiger partial charge is 0.309 e. The number of piperidine rings is 1. The Morgan fingerprint density at radius 2 is 1.72 bits per heavy atom. The van der Waals surface area contributed by atoms with E-state index in [1.165, 1.54) is 0 Å². The fourth-order valence-electron chi connectivity index (χ4n) is 2.45. The summed E-state index contributed by atoms with van der Waals surface area (Å²) in [5, 5.41) is 9.31. The maximum Gasteiger partial charge on any atom is 0.309 e. The van der Waals surface area contributed by atoms with Gasteiger partial charge < -0.3 is 10.0 Å². The number of rotatable bonds is 4. The van der Waals surface area contributed by atoms with Crippen LogP contribution < -0.4 is 0 Å². The molecule has 0 aromatic heterocycles. The van der Waals surface area contributed by atoms with E-state index < -0.39 is 11.4 Å². The first-order valence-electron chi connectivity index (χ1n) is 6.86. The lowest BCUT2D eigenvalue weighted by Crippen LogP contribution is -2.48. The van der Waals surface area contributed by atoms with Gasteiger partial charge in [0.2, 0.25) is 5.91 Å². The number of carboxylic acid groups (broad SMARTS) is 1. The highest BCUT2D eigenvalue weighted by Crippen LogP contribution is 2.35. The van der Waals surface area contributed by atoms with Gasteiger partial charge in [0.25, 0.3) is 0 Å². The Morgan fingerprint density at radius 3 is 2.06 bits per heavy atom. The van der Waals surface area contributed by atoms with Gasteiger partial charge in [-0.15, -0.1) is 0 Å². The summed E-state index contributed by atoms with van der Waals surface area (Å²) >= 11 is 0. The van der Waals surface area contributed by atoms with Crippen LogP contribution in [-0.4, -0.2) is 35.0 Å². The SMILES string of the molecule is CCC1(C(=O)O)CCN(C(=O)C(C)C(C)C)CC1. The van der Waals surface area contributed by atoms with E-state index in [0.717, 1.165) is 0 Å². The molecule has 0 spiro atoms. The average molecular weight is 255 g/mol. The lowest BCUT2D eigenvalue weighted by atomic mass is 9.76. The summed E-state index contributed by atoms with van der Waals surface area (Å²) in [5.74, 6) is -0.201. The zero-order valence-corrected chi connectivity index (χ0v) is 11.9. The van der Waals surface area contributed by atoms with Crippen molar-refractivity contribution in [3.05, 3.63) is 0 Å². The van der Waals surface area contributed by atoms with Gasteiger partial charge in [0, 0.05) is 19.0 Å². The molecule has 1 aliphatic rings. The zero-order chi connectivity index (χ0) is 13.9. The van der Waals surface area contributed by atoms with Gasteiger partial charge in [-0.1, -0.05) is 27.7 Å². The van der Waals surface area contributed by atoms with Crippen molar-refractivity contribution in [3.63, 3.8) is 0 Å². The highest BCUT2D eigenvalue weighted by molar-refractivity contribution is 5.80. The molecule has 1 aliphatic heterocycles. The molecule has 4 nitrogen and oxygen atoms in total. The maximum absolute atomic E-state index is 12.2. The second-order valence-corrected chi connectivity index (χ2v) is 5.80. The third-order valence-electron chi connectivity index (χ3n) is 4.55. The summed E-state index contributed by atoms with van der Waals surface area (Å²) in [6.07, 6.45) is 1.80. The Bertz CT molecular complexity index is 317. The monoisotopic (exact) mass is 255 g/mol. The number of hydrogen-bond acceptors (Lipinski definition) is 2. The van der Waals surface area contributed by atoms with E-state index >= 15 is 0 Å². The van der Waals surface area contributed by atoms with Gasteiger partial charge in [-0.05, 0) is 25.2 Å². The van der Waals surface area contributed by atoms with E-state index in [2.05, 4.69) is 0 Å². The molecule has 104 valence electrons. The van der Waals surface area contributed by atoms with E-state index in [9.17, 15) is 14.7 Å². The van der Waals surface area contributed by atoms with Gasteiger partial charge in [-0.2, -0.15) is 0 Å². The number of aliphatic carboxylic acids is 1. The first kappa shape index (κ1) is 15.0. The van der Waals surface area contributed by atoms with E-state index in [-0.39, 0.29) is 11.8 Å². The largest absolute Gasteiger partial charge is 0.481 e. The fraction of sp³-hybridized carbons (Fsp3) is 0.857. The van der Waals surface area contributed by atoms with E-state index in [0.29, 0.717) is 38.3 Å². The van der Waals surface area contributed by atoms with Crippen LogP contribution in [0.4, 0.5) is 0 Å². The van der Waals surface area contributed by atoms with Crippen molar-refractivity contribution < 1.29 is 14.7 Å². The molecule has 4 heteroatoms. The second-order valence-electron chi connectivity index (χ2n) is 5.80. The molecule has 1 fully saturated rings. The van der Waals surface area contributed by atoms with Crippen LogP contribution in [0.2, 0.25) is 0 Å². The van der Waals surface area contributed by atoms with Crippen LogP contribution >= 0.6 is 0 Å². The average Bonchev–Trinajstić information content (AvgIpc) is 2.36. The van der Waals surface area contributed by atoms with Crippen molar-refractivity contribution in [1.29, 1.82) is 0 Å². The number of carbonyl (C=O) groups is 2. The van der Waals surface area contributed by atoms with Gasteiger partial charge in [-0.3, -0.25) is 9.59 Å². The Balaban J connectivity index is 2.64. The summed E-state index contributed by atoms with van der Waals surface area (Å²) < 4.78 is 0. The molecule has 0 aromatic carbocycles. The van der Waals surface area contributed by atoms with Gasteiger partial charge in [0.05, 0.1) is 5.41 Å². The topological polar surface area (TPSA) is 57.6 Å². The number of likely N-dealkylation sites (tertiary alicyclic amines) is 1. The van der Waals surface area contributed by atoms with Gasteiger partial charge in [-0.25, -0.2) is 0 Å². The summed E-state index contributed by atoms with van der Waals surface area (Å²) in [6.45, 7) is 9.11. The molecule has 18 heavy (non-hydrogen) atoms. The number of nitrogens with zero attached hydrogens (tertiary/aromatic N) is 1. The number of carboxylic acids is 1. The van der Waals surface area contributed by atoms with Crippen molar-refractivity contribution in [2.45, 2.75) is 47.0 Å². The molecule has 0 bridgehead atoms. The Kier molecular flexibility index (Phi) is 4.77. The summed E-state index contributed by atoms with van der Waals surface area (Å²) in [7, 11) is 0. The van der Waals surface area contributed by atoms with Crippen LogP contribution in [0.25, 0.3) is 0 Å². The quantitative estimate of drug-likeness (QED) is 0.839. The lowest BCUT2D eigenvalue weighted by Gasteiger charge is -2.39. The van der Waals surface area contributed by atoms with E-state index in [1.54, 1.807) is 0 Å². The van der Waals surface area contributed by atoms with Crippen LogP contribution in [0, 0.1) is 17.3 Å². The minimum Gasteiger partial charge on any atom is -0.481 e. The molecule has 1 N–H and O–H groups in total. The van der Waals surface area contributed by atoms with Gasteiger partial charge in [0.1, 0.15) is 0 Å². The molecule has 1 atom stereocenters. The lowest BCUT2D eigenvalue weighted by molar-refractivity contribution is -0.155. The molecule has 1 amide bonds. The summed E-state index contributed by atoms with van der Waals surface area (Å²) in [6, 6.07) is 0. The standard InChI is InChI=1S/C14H25NO3/c1-5-14(13(17)18)6-8-15(9-7-14)12(16)11(4)10(2)3/h10-11H,5-9H2,1-4H3,(H,17,18). The Morgan fingerprint density at radius 1 is 1.22 bits per heavy atom. The van der Waals surface area contributed by atoms with Gasteiger partial charge in [0.15, 0.2) is 0 Å². The maximum atomic E-state index is 12.2. The predicted octanol–water partition coefficient (Wildman–Crippen LogP) is 2.38. The van der Waals surface area contributed by atoms with Crippen LogP contribution in [0.3, 0.4) is 0 Å². The van der Waals surface area contributed by atoms with Crippen molar-refractivity contribution >= 4 is 11.9 Å². The van der Waals surface area contributed by atoms with Crippen molar-refractivity contribution in [3.8, 4) is 0 Å². The van der Waals surface area contributed by atoms with Gasteiger partial charge >= 0.3 is 5.97 Å². The molecule has 1 unspecified atom stereocenters. The number of carbonyl (C=O) groups excluding carboxylic acids is 1. The second kappa shape index (κ2) is 5.72. The Labute approximate surface area is 109 Å². The molecule has 0 aromatic rings. The van der Waals surface area contributed by atoms with Crippen molar-refractivity contribution in [2.75, 3.05) is 13.1 Å². The highest BCUT2D eigenvalue weighted by Gasteiger charge is 2.41. The molecular formula is C14H25NO3. The van der Waals surface area contributed by atoms with Crippen molar-refractivity contribution in [1.82, 2.24) is 4.90 Å². The molecule has 0 saturated carbocycles. The fourth-order valence-corrected chi connectivity index (χ4v) is 2.45. The third-order valence-corrected chi connectivity index (χ3v) is 4.55. The molecule has 1 rings (SSSR count). The first-order valence-corrected chi connectivity index (χ1v) is 6.86.